The summed E-state index contributed by atoms with van der Waals surface area (Å²) in [6.45, 7) is 3.56. The molecular weight excluding hydrogens is 412 g/mol. The molecule has 0 N–H and O–H groups in total. The number of carbonyl (C=O) groups excluding carboxylic acids is 1. The highest BCUT2D eigenvalue weighted by Crippen LogP contribution is 2.23. The molecule has 1 aromatic heterocycles. The fraction of sp³-hybridized carbons (Fsp3) is 0.375. The molecule has 0 unspecified atom stereocenters. The lowest BCUT2D eigenvalue weighted by Gasteiger charge is -2.34. The average molecular weight is 437 g/mol. The van der Waals surface area contributed by atoms with E-state index in [2.05, 4.69) is 27.2 Å². The van der Waals surface area contributed by atoms with Gasteiger partial charge in [0.1, 0.15) is 0 Å². The van der Waals surface area contributed by atoms with Crippen molar-refractivity contribution in [1.82, 2.24) is 19.9 Å². The molecular formula is C24H25ClN4O2. The van der Waals surface area contributed by atoms with Crippen molar-refractivity contribution in [3.8, 4) is 11.4 Å². The summed E-state index contributed by atoms with van der Waals surface area (Å²) in [6.07, 6.45) is 4.70. The Morgan fingerprint density at radius 3 is 2.48 bits per heavy atom. The number of aromatic nitrogens is 2. The molecule has 1 aliphatic heterocycles. The Labute approximate surface area is 186 Å². The predicted molar refractivity (Wildman–Crippen MR) is 119 cm³/mol. The van der Waals surface area contributed by atoms with Gasteiger partial charge in [-0.1, -0.05) is 22.8 Å². The van der Waals surface area contributed by atoms with Crippen LogP contribution in [-0.4, -0.2) is 52.0 Å². The van der Waals surface area contributed by atoms with Crippen molar-refractivity contribution in [2.24, 2.45) is 0 Å². The maximum atomic E-state index is 13.0. The van der Waals surface area contributed by atoms with Gasteiger partial charge in [0, 0.05) is 42.3 Å². The summed E-state index contributed by atoms with van der Waals surface area (Å²) in [7, 11) is 0. The monoisotopic (exact) mass is 436 g/mol. The van der Waals surface area contributed by atoms with Gasteiger partial charge < -0.3 is 9.42 Å². The van der Waals surface area contributed by atoms with Gasteiger partial charge in [-0.15, -0.1) is 0 Å². The molecule has 2 aromatic carbocycles. The third-order valence-electron chi connectivity index (χ3n) is 6.18. The van der Waals surface area contributed by atoms with E-state index in [9.17, 15) is 4.79 Å². The highest BCUT2D eigenvalue weighted by Gasteiger charge is 2.24. The van der Waals surface area contributed by atoms with Crippen LogP contribution < -0.4 is 0 Å². The summed E-state index contributed by atoms with van der Waals surface area (Å²) in [6, 6.07) is 13.6. The van der Waals surface area contributed by atoms with Gasteiger partial charge in [-0.05, 0) is 73.2 Å². The van der Waals surface area contributed by atoms with E-state index < -0.39 is 0 Å². The number of nitrogens with zero attached hydrogens (tertiary/aromatic N) is 4. The van der Waals surface area contributed by atoms with Gasteiger partial charge in [-0.2, -0.15) is 4.98 Å². The minimum absolute atomic E-state index is 0.135. The fourth-order valence-corrected chi connectivity index (χ4v) is 4.51. The Morgan fingerprint density at radius 1 is 0.968 bits per heavy atom. The first kappa shape index (κ1) is 20.2. The number of fused-ring (bicyclic) bond motifs is 1. The van der Waals surface area contributed by atoms with Crippen LogP contribution in [0.15, 0.2) is 47.0 Å². The van der Waals surface area contributed by atoms with Crippen molar-refractivity contribution in [3.63, 3.8) is 0 Å². The Kier molecular flexibility index (Phi) is 5.74. The van der Waals surface area contributed by atoms with E-state index in [0.29, 0.717) is 36.4 Å². The van der Waals surface area contributed by atoms with Gasteiger partial charge in [0.15, 0.2) is 0 Å². The SMILES string of the molecule is O=C(c1ccc2c(c1)CCCC2)N1CCN(Cc2nc(-c3ccc(Cl)cc3)no2)CC1. The number of hydrogen-bond donors (Lipinski definition) is 0. The molecule has 2 aliphatic rings. The van der Waals surface area contributed by atoms with Crippen molar-refractivity contribution < 1.29 is 9.32 Å². The number of piperazine rings is 1. The molecule has 0 saturated carbocycles. The van der Waals surface area contributed by atoms with Gasteiger partial charge in [-0.3, -0.25) is 9.69 Å². The smallest absolute Gasteiger partial charge is 0.253 e. The van der Waals surface area contributed by atoms with E-state index in [1.165, 1.54) is 24.0 Å². The molecule has 160 valence electrons. The number of rotatable bonds is 4. The molecule has 3 aromatic rings. The predicted octanol–water partition coefficient (Wildman–Crippen LogP) is 4.23. The zero-order valence-corrected chi connectivity index (χ0v) is 18.1. The third-order valence-corrected chi connectivity index (χ3v) is 6.44. The number of benzene rings is 2. The highest BCUT2D eigenvalue weighted by molar-refractivity contribution is 6.30. The van der Waals surface area contributed by atoms with Crippen molar-refractivity contribution >= 4 is 17.5 Å². The molecule has 5 rings (SSSR count). The van der Waals surface area contributed by atoms with Gasteiger partial charge in [0.25, 0.3) is 5.91 Å². The van der Waals surface area contributed by atoms with Crippen LogP contribution in [0.4, 0.5) is 0 Å². The van der Waals surface area contributed by atoms with Crippen LogP contribution in [0.3, 0.4) is 0 Å². The van der Waals surface area contributed by atoms with E-state index in [1.807, 2.05) is 35.2 Å². The lowest BCUT2D eigenvalue weighted by atomic mass is 9.90. The molecule has 2 heterocycles. The van der Waals surface area contributed by atoms with Crippen LogP contribution in [0.25, 0.3) is 11.4 Å². The quantitative estimate of drug-likeness (QED) is 0.612. The zero-order valence-electron chi connectivity index (χ0n) is 17.4. The number of amides is 1. The van der Waals surface area contributed by atoms with E-state index in [-0.39, 0.29) is 5.91 Å². The third kappa shape index (κ3) is 4.50. The van der Waals surface area contributed by atoms with Crippen LogP contribution in [0.5, 0.6) is 0 Å². The number of aryl methyl sites for hydroxylation is 2. The number of halogens is 1. The van der Waals surface area contributed by atoms with Gasteiger partial charge in [-0.25, -0.2) is 0 Å². The highest BCUT2D eigenvalue weighted by atomic mass is 35.5. The van der Waals surface area contributed by atoms with Crippen molar-refractivity contribution in [2.75, 3.05) is 26.2 Å². The summed E-state index contributed by atoms with van der Waals surface area (Å²) < 4.78 is 5.43. The van der Waals surface area contributed by atoms with Crippen molar-refractivity contribution in [2.45, 2.75) is 32.2 Å². The zero-order chi connectivity index (χ0) is 21.2. The first-order valence-corrected chi connectivity index (χ1v) is 11.3. The number of hydrogen-bond acceptors (Lipinski definition) is 5. The second-order valence-electron chi connectivity index (χ2n) is 8.28. The largest absolute Gasteiger partial charge is 0.338 e. The second-order valence-corrected chi connectivity index (χ2v) is 8.71. The second kappa shape index (κ2) is 8.81. The Morgan fingerprint density at radius 2 is 1.71 bits per heavy atom. The number of carbonyl (C=O) groups is 1. The average Bonchev–Trinajstić information content (AvgIpc) is 3.27. The molecule has 1 fully saturated rings. The Hall–Kier alpha value is -2.70. The van der Waals surface area contributed by atoms with Crippen molar-refractivity contribution in [3.05, 3.63) is 70.1 Å². The van der Waals surface area contributed by atoms with Gasteiger partial charge in [0.05, 0.1) is 6.54 Å². The van der Waals surface area contributed by atoms with E-state index in [4.69, 9.17) is 16.1 Å². The topological polar surface area (TPSA) is 62.5 Å². The summed E-state index contributed by atoms with van der Waals surface area (Å²) in [5.41, 5.74) is 4.45. The van der Waals surface area contributed by atoms with Crippen LogP contribution >= 0.6 is 11.6 Å². The molecule has 31 heavy (non-hydrogen) atoms. The summed E-state index contributed by atoms with van der Waals surface area (Å²) in [5.74, 6) is 1.28. The molecule has 6 nitrogen and oxygen atoms in total. The van der Waals surface area contributed by atoms with E-state index >= 15 is 0 Å². The first-order valence-electron chi connectivity index (χ1n) is 10.9. The summed E-state index contributed by atoms with van der Waals surface area (Å²) in [4.78, 5) is 21.7. The minimum Gasteiger partial charge on any atom is -0.338 e. The Bertz CT molecular complexity index is 1070. The first-order chi connectivity index (χ1) is 15.2. The summed E-state index contributed by atoms with van der Waals surface area (Å²) >= 11 is 5.94. The molecule has 1 amide bonds. The van der Waals surface area contributed by atoms with Crippen LogP contribution in [0.2, 0.25) is 5.02 Å². The van der Waals surface area contributed by atoms with Gasteiger partial charge >= 0.3 is 0 Å². The standard InChI is InChI=1S/C24H25ClN4O2/c25-21-9-7-18(8-10-21)23-26-22(31-27-23)16-28-11-13-29(14-12-28)24(30)20-6-5-17-3-1-2-4-19(17)15-20/h5-10,15H,1-4,11-14,16H2. The maximum Gasteiger partial charge on any atom is 0.253 e. The van der Waals surface area contributed by atoms with Crippen LogP contribution in [0, 0.1) is 0 Å². The van der Waals surface area contributed by atoms with Crippen LogP contribution in [-0.2, 0) is 19.4 Å². The molecule has 7 heteroatoms. The molecule has 1 saturated heterocycles. The lowest BCUT2D eigenvalue weighted by Crippen LogP contribution is -2.48. The molecule has 0 atom stereocenters. The van der Waals surface area contributed by atoms with Crippen LogP contribution in [0.1, 0.15) is 40.2 Å². The van der Waals surface area contributed by atoms with E-state index in [1.54, 1.807) is 0 Å². The minimum atomic E-state index is 0.135. The molecule has 0 bridgehead atoms. The molecule has 0 radical (unpaired) electrons. The normalized spacial score (nSPS) is 16.9. The summed E-state index contributed by atoms with van der Waals surface area (Å²) in [5, 5.41) is 4.76. The van der Waals surface area contributed by atoms with Gasteiger partial charge in [0.2, 0.25) is 11.7 Å². The fourth-order valence-electron chi connectivity index (χ4n) is 4.38. The van der Waals surface area contributed by atoms with E-state index in [0.717, 1.165) is 37.1 Å². The lowest BCUT2D eigenvalue weighted by molar-refractivity contribution is 0.0615. The molecule has 0 spiro atoms. The molecule has 1 aliphatic carbocycles. The van der Waals surface area contributed by atoms with Crippen molar-refractivity contribution in [1.29, 1.82) is 0 Å². The maximum absolute atomic E-state index is 13.0. The Balaban J connectivity index is 1.17.